The lowest BCUT2D eigenvalue weighted by atomic mass is 10.1. The number of anilines is 1. The van der Waals surface area contributed by atoms with E-state index in [4.69, 9.17) is 0 Å². The third-order valence-corrected chi connectivity index (χ3v) is 4.08. The number of hydrogen-bond acceptors (Lipinski definition) is 4. The maximum absolute atomic E-state index is 9.41. The Morgan fingerprint density at radius 1 is 1.10 bits per heavy atom. The van der Waals surface area contributed by atoms with Crippen molar-refractivity contribution in [3.63, 3.8) is 0 Å². The lowest BCUT2D eigenvalue weighted by molar-refractivity contribution is 0.195. The normalized spacial score (nSPS) is 18.2. The van der Waals surface area contributed by atoms with Gasteiger partial charge in [0.05, 0.1) is 6.61 Å². The van der Waals surface area contributed by atoms with Crippen molar-refractivity contribution in [2.45, 2.75) is 32.4 Å². The molecular weight excluding hydrogens is 262 g/mol. The van der Waals surface area contributed by atoms with Gasteiger partial charge in [0.25, 0.3) is 0 Å². The first-order valence-corrected chi connectivity index (χ1v) is 8.08. The minimum Gasteiger partial charge on any atom is -0.395 e. The van der Waals surface area contributed by atoms with E-state index in [1.54, 1.807) is 0 Å². The molecule has 1 aromatic rings. The highest BCUT2D eigenvalue weighted by atomic mass is 16.3. The van der Waals surface area contributed by atoms with Gasteiger partial charge in [0.2, 0.25) is 0 Å². The monoisotopic (exact) mass is 291 g/mol. The molecule has 4 nitrogen and oxygen atoms in total. The number of hydrogen-bond donors (Lipinski definition) is 2. The Labute approximate surface area is 128 Å². The number of piperazine rings is 1. The minimum absolute atomic E-state index is 0.220. The number of benzene rings is 1. The Hall–Kier alpha value is -1.10. The zero-order valence-electron chi connectivity index (χ0n) is 13.3. The van der Waals surface area contributed by atoms with E-state index in [2.05, 4.69) is 59.3 Å². The first-order valence-electron chi connectivity index (χ1n) is 8.08. The van der Waals surface area contributed by atoms with E-state index in [0.717, 1.165) is 39.1 Å². The second kappa shape index (κ2) is 8.37. The lowest BCUT2D eigenvalue weighted by Gasteiger charge is -2.36. The van der Waals surface area contributed by atoms with Crippen LogP contribution in [-0.2, 0) is 0 Å². The van der Waals surface area contributed by atoms with E-state index < -0.39 is 0 Å². The number of nitrogens with one attached hydrogen (secondary N) is 1. The van der Waals surface area contributed by atoms with E-state index in [1.165, 1.54) is 5.69 Å². The van der Waals surface area contributed by atoms with Crippen molar-refractivity contribution >= 4 is 5.69 Å². The highest BCUT2D eigenvalue weighted by Gasteiger charge is 2.18. The first kappa shape index (κ1) is 16.3. The van der Waals surface area contributed by atoms with Crippen LogP contribution in [0.5, 0.6) is 0 Å². The molecule has 1 aliphatic rings. The average molecular weight is 291 g/mol. The molecule has 0 radical (unpaired) electrons. The van der Waals surface area contributed by atoms with Crippen LogP contribution in [0.2, 0.25) is 0 Å². The topological polar surface area (TPSA) is 38.7 Å². The molecule has 1 aliphatic heterocycles. The molecule has 1 unspecified atom stereocenters. The fourth-order valence-corrected chi connectivity index (χ4v) is 2.91. The van der Waals surface area contributed by atoms with Gasteiger partial charge in [0.15, 0.2) is 0 Å². The van der Waals surface area contributed by atoms with Crippen LogP contribution >= 0.6 is 0 Å². The third kappa shape index (κ3) is 5.30. The van der Waals surface area contributed by atoms with Gasteiger partial charge in [0, 0.05) is 44.0 Å². The number of para-hydroxylation sites is 1. The summed E-state index contributed by atoms with van der Waals surface area (Å²) in [7, 11) is 0. The van der Waals surface area contributed by atoms with Crippen molar-refractivity contribution in [3.05, 3.63) is 30.3 Å². The molecule has 21 heavy (non-hydrogen) atoms. The van der Waals surface area contributed by atoms with Crippen LogP contribution in [0.3, 0.4) is 0 Å². The second-order valence-corrected chi connectivity index (χ2v) is 6.15. The summed E-state index contributed by atoms with van der Waals surface area (Å²) >= 11 is 0. The zero-order valence-corrected chi connectivity index (χ0v) is 13.3. The van der Waals surface area contributed by atoms with Gasteiger partial charge in [-0.15, -0.1) is 0 Å². The van der Waals surface area contributed by atoms with E-state index >= 15 is 0 Å². The molecule has 4 heteroatoms. The Kier molecular flexibility index (Phi) is 6.49. The Balaban J connectivity index is 1.72. The zero-order chi connectivity index (χ0) is 15.1. The molecular formula is C17H29N3O. The van der Waals surface area contributed by atoms with Gasteiger partial charge in [-0.1, -0.05) is 32.0 Å². The van der Waals surface area contributed by atoms with Crippen molar-refractivity contribution in [3.8, 4) is 0 Å². The first-order chi connectivity index (χ1) is 10.2. The van der Waals surface area contributed by atoms with Gasteiger partial charge < -0.3 is 15.3 Å². The highest BCUT2D eigenvalue weighted by Crippen LogP contribution is 2.15. The summed E-state index contributed by atoms with van der Waals surface area (Å²) in [5, 5.41) is 12.8. The second-order valence-electron chi connectivity index (χ2n) is 6.15. The van der Waals surface area contributed by atoms with Gasteiger partial charge in [-0.25, -0.2) is 0 Å². The van der Waals surface area contributed by atoms with E-state index in [1.807, 2.05) is 0 Å². The van der Waals surface area contributed by atoms with Crippen LogP contribution < -0.4 is 10.2 Å². The summed E-state index contributed by atoms with van der Waals surface area (Å²) in [5.74, 6) is 0. The van der Waals surface area contributed by atoms with Crippen molar-refractivity contribution in [2.24, 2.45) is 0 Å². The van der Waals surface area contributed by atoms with Crippen LogP contribution in [0.4, 0.5) is 5.69 Å². The summed E-state index contributed by atoms with van der Waals surface area (Å²) in [5.41, 5.74) is 1.33. The van der Waals surface area contributed by atoms with Crippen molar-refractivity contribution in [1.29, 1.82) is 0 Å². The van der Waals surface area contributed by atoms with Crippen molar-refractivity contribution in [1.82, 2.24) is 10.2 Å². The molecule has 0 amide bonds. The number of aliphatic hydroxyl groups is 1. The molecule has 0 aromatic heterocycles. The Morgan fingerprint density at radius 2 is 1.76 bits per heavy atom. The summed E-state index contributed by atoms with van der Waals surface area (Å²) in [4.78, 5) is 4.95. The predicted octanol–water partition coefficient (Wildman–Crippen LogP) is 1.56. The van der Waals surface area contributed by atoms with Crippen molar-refractivity contribution in [2.75, 3.05) is 44.2 Å². The third-order valence-electron chi connectivity index (χ3n) is 4.08. The summed E-state index contributed by atoms with van der Waals surface area (Å²) in [6.45, 7) is 9.93. The quantitative estimate of drug-likeness (QED) is 0.800. The number of aliphatic hydroxyl groups excluding tert-OH is 1. The van der Waals surface area contributed by atoms with Crippen LogP contribution in [-0.4, -0.2) is 61.4 Å². The van der Waals surface area contributed by atoms with E-state index in [0.29, 0.717) is 6.04 Å². The molecule has 2 rings (SSSR count). The van der Waals surface area contributed by atoms with Gasteiger partial charge in [-0.05, 0) is 25.1 Å². The number of rotatable bonds is 7. The summed E-state index contributed by atoms with van der Waals surface area (Å²) < 4.78 is 0. The standard InChI is InChI=1S/C17H29N3O/c1-15(2)18-16(14-21)8-9-19-10-12-20(13-11-19)17-6-4-3-5-7-17/h3-7,15-16,18,21H,8-14H2,1-2H3. The molecule has 118 valence electrons. The minimum atomic E-state index is 0.220. The smallest absolute Gasteiger partial charge is 0.0585 e. The molecule has 0 saturated carbocycles. The maximum Gasteiger partial charge on any atom is 0.0585 e. The highest BCUT2D eigenvalue weighted by molar-refractivity contribution is 5.46. The molecule has 1 saturated heterocycles. The molecule has 2 N–H and O–H groups in total. The SMILES string of the molecule is CC(C)NC(CO)CCN1CCN(c2ccccc2)CC1. The van der Waals surface area contributed by atoms with Gasteiger partial charge in [-0.2, -0.15) is 0 Å². The largest absolute Gasteiger partial charge is 0.395 e. The van der Waals surface area contributed by atoms with Gasteiger partial charge >= 0.3 is 0 Å². The van der Waals surface area contributed by atoms with Crippen LogP contribution in [0.25, 0.3) is 0 Å². The fraction of sp³-hybridized carbons (Fsp3) is 0.647. The Bertz CT molecular complexity index is 388. The molecule has 1 atom stereocenters. The fourth-order valence-electron chi connectivity index (χ4n) is 2.91. The van der Waals surface area contributed by atoms with Crippen LogP contribution in [0, 0.1) is 0 Å². The average Bonchev–Trinajstić information content (AvgIpc) is 2.52. The van der Waals surface area contributed by atoms with Crippen molar-refractivity contribution < 1.29 is 5.11 Å². The Morgan fingerprint density at radius 3 is 2.33 bits per heavy atom. The van der Waals surface area contributed by atoms with E-state index in [9.17, 15) is 5.11 Å². The van der Waals surface area contributed by atoms with Crippen LogP contribution in [0.15, 0.2) is 30.3 Å². The molecule has 0 bridgehead atoms. The maximum atomic E-state index is 9.41. The van der Waals surface area contributed by atoms with Gasteiger partial charge in [-0.3, -0.25) is 4.90 Å². The van der Waals surface area contributed by atoms with Gasteiger partial charge in [0.1, 0.15) is 0 Å². The predicted molar refractivity (Wildman–Crippen MR) is 88.9 cm³/mol. The molecule has 1 fully saturated rings. The van der Waals surface area contributed by atoms with E-state index in [-0.39, 0.29) is 12.6 Å². The molecule has 0 spiro atoms. The van der Waals surface area contributed by atoms with Crippen LogP contribution in [0.1, 0.15) is 20.3 Å². The summed E-state index contributed by atoms with van der Waals surface area (Å²) in [6, 6.07) is 11.3. The lowest BCUT2D eigenvalue weighted by Crippen LogP contribution is -2.48. The number of nitrogens with zero attached hydrogens (tertiary/aromatic N) is 2. The summed E-state index contributed by atoms with van der Waals surface area (Å²) in [6.07, 6.45) is 1.01. The molecule has 0 aliphatic carbocycles. The molecule has 1 heterocycles. The molecule has 1 aromatic carbocycles.